The first-order valence-corrected chi connectivity index (χ1v) is 8.02. The van der Waals surface area contributed by atoms with E-state index in [1.54, 1.807) is 12.3 Å². The molecule has 5 nitrogen and oxygen atoms in total. The van der Waals surface area contributed by atoms with Gasteiger partial charge in [-0.3, -0.25) is 0 Å². The van der Waals surface area contributed by atoms with E-state index >= 15 is 0 Å². The van der Waals surface area contributed by atoms with E-state index in [2.05, 4.69) is 10.3 Å². The van der Waals surface area contributed by atoms with E-state index in [9.17, 15) is 8.42 Å². The van der Waals surface area contributed by atoms with Gasteiger partial charge in [0.2, 0.25) is 10.0 Å². The molecule has 0 aromatic carbocycles. The fraction of sp³-hybridized carbons (Fsp3) is 0.538. The molecular weight excluding hydrogens is 262 g/mol. The van der Waals surface area contributed by atoms with E-state index in [4.69, 9.17) is 0 Å². The molecule has 0 unspecified atom stereocenters. The number of aromatic nitrogens is 1. The lowest BCUT2D eigenvalue weighted by atomic mass is 10.1. The average molecular weight is 283 g/mol. The molecule has 2 heterocycles. The van der Waals surface area contributed by atoms with Gasteiger partial charge < -0.3 is 10.3 Å². The fourth-order valence-corrected chi connectivity index (χ4v) is 3.45. The van der Waals surface area contributed by atoms with Gasteiger partial charge in [0, 0.05) is 31.5 Å². The molecule has 1 aromatic rings. The smallest absolute Gasteiger partial charge is 0.244 e. The highest BCUT2D eigenvalue weighted by Gasteiger charge is 2.26. The van der Waals surface area contributed by atoms with Gasteiger partial charge in [0.25, 0.3) is 0 Å². The van der Waals surface area contributed by atoms with Crippen molar-refractivity contribution in [2.75, 3.05) is 19.6 Å². The molecule has 1 aliphatic heterocycles. The molecule has 0 saturated carbocycles. The van der Waals surface area contributed by atoms with Crippen LogP contribution in [0.2, 0.25) is 0 Å². The van der Waals surface area contributed by atoms with Crippen molar-refractivity contribution in [3.8, 4) is 0 Å². The van der Waals surface area contributed by atoms with Gasteiger partial charge in [-0.2, -0.15) is 4.31 Å². The van der Waals surface area contributed by atoms with Crippen molar-refractivity contribution in [2.24, 2.45) is 0 Å². The normalized spacial score (nSPS) is 17.5. The lowest BCUT2D eigenvalue weighted by Crippen LogP contribution is -2.34. The van der Waals surface area contributed by atoms with Gasteiger partial charge in [0.1, 0.15) is 0 Å². The standard InChI is InChI=1S/C13H21N3O2S/c1-3-14-9-12-8-13(10-15-12)19(17,18)16-6-4-11(2)5-7-16/h4,8,10,14-15H,3,5-7,9H2,1-2H3. The Morgan fingerprint density at radius 1 is 1.47 bits per heavy atom. The predicted octanol–water partition coefficient (Wildman–Crippen LogP) is 1.46. The number of nitrogens with one attached hydrogen (secondary N) is 2. The molecule has 0 bridgehead atoms. The Kier molecular flexibility index (Phi) is 4.44. The minimum atomic E-state index is -3.36. The van der Waals surface area contributed by atoms with E-state index in [0.29, 0.717) is 24.5 Å². The van der Waals surface area contributed by atoms with E-state index in [0.717, 1.165) is 18.7 Å². The van der Waals surface area contributed by atoms with Crippen molar-refractivity contribution < 1.29 is 8.42 Å². The number of H-pyrrole nitrogens is 1. The summed E-state index contributed by atoms with van der Waals surface area (Å²) in [5.74, 6) is 0. The minimum Gasteiger partial charge on any atom is -0.363 e. The van der Waals surface area contributed by atoms with Crippen molar-refractivity contribution in [1.82, 2.24) is 14.6 Å². The second kappa shape index (κ2) is 5.90. The molecule has 0 saturated heterocycles. The molecule has 0 aliphatic carbocycles. The third-order valence-corrected chi connectivity index (χ3v) is 5.16. The molecule has 0 atom stereocenters. The molecular formula is C13H21N3O2S. The van der Waals surface area contributed by atoms with Gasteiger partial charge in [-0.1, -0.05) is 18.6 Å². The zero-order valence-corrected chi connectivity index (χ0v) is 12.3. The van der Waals surface area contributed by atoms with Crippen LogP contribution in [0.15, 0.2) is 28.8 Å². The number of hydrogen-bond acceptors (Lipinski definition) is 3. The van der Waals surface area contributed by atoms with Crippen LogP contribution in [0.1, 0.15) is 26.0 Å². The summed E-state index contributed by atoms with van der Waals surface area (Å²) in [6.45, 7) is 6.61. The van der Waals surface area contributed by atoms with E-state index in [1.807, 2.05) is 19.9 Å². The summed E-state index contributed by atoms with van der Waals surface area (Å²) in [7, 11) is -3.36. The number of rotatable bonds is 5. The van der Waals surface area contributed by atoms with Crippen LogP contribution < -0.4 is 5.32 Å². The summed E-state index contributed by atoms with van der Waals surface area (Å²) in [4.78, 5) is 3.37. The molecule has 0 amide bonds. The number of hydrogen-bond donors (Lipinski definition) is 2. The second-order valence-electron chi connectivity index (χ2n) is 4.80. The molecule has 106 valence electrons. The minimum absolute atomic E-state index is 0.355. The quantitative estimate of drug-likeness (QED) is 0.804. The Hall–Kier alpha value is -1.11. The Balaban J connectivity index is 2.13. The molecule has 19 heavy (non-hydrogen) atoms. The monoisotopic (exact) mass is 283 g/mol. The lowest BCUT2D eigenvalue weighted by molar-refractivity contribution is 0.431. The van der Waals surface area contributed by atoms with Gasteiger partial charge in [0.15, 0.2) is 0 Å². The lowest BCUT2D eigenvalue weighted by Gasteiger charge is -2.24. The number of aromatic amines is 1. The Morgan fingerprint density at radius 3 is 2.89 bits per heavy atom. The van der Waals surface area contributed by atoms with E-state index in [1.165, 1.54) is 9.88 Å². The molecule has 6 heteroatoms. The van der Waals surface area contributed by atoms with Gasteiger partial charge >= 0.3 is 0 Å². The van der Waals surface area contributed by atoms with Gasteiger partial charge in [-0.15, -0.1) is 0 Å². The van der Waals surface area contributed by atoms with Crippen LogP contribution in [0.25, 0.3) is 0 Å². The van der Waals surface area contributed by atoms with Crippen LogP contribution in [0, 0.1) is 0 Å². The molecule has 2 rings (SSSR count). The Labute approximate surface area is 114 Å². The highest BCUT2D eigenvalue weighted by molar-refractivity contribution is 7.89. The Bertz CT molecular complexity index is 560. The van der Waals surface area contributed by atoms with Crippen molar-refractivity contribution in [1.29, 1.82) is 0 Å². The maximum absolute atomic E-state index is 12.4. The van der Waals surface area contributed by atoms with Crippen LogP contribution >= 0.6 is 0 Å². The highest BCUT2D eigenvalue weighted by Crippen LogP contribution is 2.20. The number of nitrogens with zero attached hydrogens (tertiary/aromatic N) is 1. The summed E-state index contributed by atoms with van der Waals surface area (Å²) >= 11 is 0. The maximum Gasteiger partial charge on any atom is 0.244 e. The number of sulfonamides is 1. The van der Waals surface area contributed by atoms with Crippen LogP contribution in [0.3, 0.4) is 0 Å². The molecule has 0 radical (unpaired) electrons. The molecule has 2 N–H and O–H groups in total. The van der Waals surface area contributed by atoms with Gasteiger partial charge in [-0.05, 0) is 26.0 Å². The van der Waals surface area contributed by atoms with Gasteiger partial charge in [0.05, 0.1) is 4.90 Å². The zero-order valence-electron chi connectivity index (χ0n) is 11.4. The summed E-state index contributed by atoms with van der Waals surface area (Å²) < 4.78 is 26.4. The van der Waals surface area contributed by atoms with Crippen LogP contribution in [0.5, 0.6) is 0 Å². The van der Waals surface area contributed by atoms with Crippen molar-refractivity contribution in [3.63, 3.8) is 0 Å². The first kappa shape index (κ1) is 14.3. The first-order valence-electron chi connectivity index (χ1n) is 6.58. The fourth-order valence-electron chi connectivity index (χ4n) is 2.05. The highest BCUT2D eigenvalue weighted by atomic mass is 32.2. The average Bonchev–Trinajstić information content (AvgIpc) is 2.86. The van der Waals surface area contributed by atoms with Crippen molar-refractivity contribution in [3.05, 3.63) is 29.6 Å². The first-order chi connectivity index (χ1) is 9.04. The third kappa shape index (κ3) is 3.26. The predicted molar refractivity (Wildman–Crippen MR) is 75.3 cm³/mol. The zero-order chi connectivity index (χ0) is 13.9. The maximum atomic E-state index is 12.4. The summed E-state index contributed by atoms with van der Waals surface area (Å²) in [6.07, 6.45) is 4.37. The summed E-state index contributed by atoms with van der Waals surface area (Å²) in [6, 6.07) is 1.71. The largest absolute Gasteiger partial charge is 0.363 e. The second-order valence-corrected chi connectivity index (χ2v) is 6.74. The van der Waals surface area contributed by atoms with E-state index < -0.39 is 10.0 Å². The Morgan fingerprint density at radius 2 is 2.26 bits per heavy atom. The van der Waals surface area contributed by atoms with Crippen LogP contribution in [-0.2, 0) is 16.6 Å². The van der Waals surface area contributed by atoms with Crippen molar-refractivity contribution in [2.45, 2.75) is 31.7 Å². The molecule has 0 fully saturated rings. The van der Waals surface area contributed by atoms with Gasteiger partial charge in [-0.25, -0.2) is 8.42 Å². The summed E-state index contributed by atoms with van der Waals surface area (Å²) in [5.41, 5.74) is 2.15. The van der Waals surface area contributed by atoms with Crippen LogP contribution in [-0.4, -0.2) is 37.3 Å². The molecule has 1 aromatic heterocycles. The molecule has 0 spiro atoms. The topological polar surface area (TPSA) is 65.2 Å². The van der Waals surface area contributed by atoms with Crippen LogP contribution in [0.4, 0.5) is 0 Å². The summed E-state index contributed by atoms with van der Waals surface area (Å²) in [5, 5.41) is 3.17. The molecule has 1 aliphatic rings. The van der Waals surface area contributed by atoms with E-state index in [-0.39, 0.29) is 0 Å². The van der Waals surface area contributed by atoms with Crippen molar-refractivity contribution >= 4 is 10.0 Å². The SMILES string of the molecule is CCNCc1cc(S(=O)(=O)N2CC=C(C)CC2)c[nH]1. The third-order valence-electron chi connectivity index (χ3n) is 3.32.